The van der Waals surface area contributed by atoms with Gasteiger partial charge in [0.1, 0.15) is 4.90 Å². The first-order valence-electron chi connectivity index (χ1n) is 4.08. The van der Waals surface area contributed by atoms with Crippen molar-refractivity contribution in [3.05, 3.63) is 35.7 Å². The van der Waals surface area contributed by atoms with Crippen LogP contribution in [0.4, 0.5) is 0 Å². The summed E-state index contributed by atoms with van der Waals surface area (Å²) in [5.41, 5.74) is 0. The van der Waals surface area contributed by atoms with E-state index in [0.29, 0.717) is 10.8 Å². The number of aromatic nitrogens is 3. The number of hydrogen-bond donors (Lipinski definition) is 0. The largest absolute Gasteiger partial charge is 0.264 e. The minimum absolute atomic E-state index is 0.0779. The molecule has 2 rings (SSSR count). The number of rotatable bonds is 2. The van der Waals surface area contributed by atoms with E-state index >= 15 is 0 Å². The monoisotopic (exact) mass is 277 g/mol. The Balaban J connectivity index is 2.43. The fraction of sp³-hybridized carbons (Fsp3) is 0. The van der Waals surface area contributed by atoms with Crippen LogP contribution >= 0.6 is 22.3 Å². The number of halogens is 2. The molecule has 2 aromatic heterocycles. The van der Waals surface area contributed by atoms with Crippen molar-refractivity contribution in [2.45, 2.75) is 4.90 Å². The highest BCUT2D eigenvalue weighted by Crippen LogP contribution is 2.15. The van der Waals surface area contributed by atoms with Gasteiger partial charge in [-0.25, -0.2) is 18.1 Å². The van der Waals surface area contributed by atoms with Crippen LogP contribution in [0, 0.1) is 0 Å². The van der Waals surface area contributed by atoms with E-state index in [4.69, 9.17) is 22.3 Å². The third kappa shape index (κ3) is 2.34. The Bertz CT molecular complexity index is 606. The smallest absolute Gasteiger partial charge is 0.236 e. The first-order valence-corrected chi connectivity index (χ1v) is 6.77. The molecule has 0 saturated heterocycles. The molecule has 0 spiro atoms. The van der Waals surface area contributed by atoms with E-state index < -0.39 is 9.05 Å². The molecule has 0 aliphatic heterocycles. The highest BCUT2D eigenvalue weighted by molar-refractivity contribution is 8.13. The van der Waals surface area contributed by atoms with Crippen LogP contribution in [0.5, 0.6) is 0 Å². The van der Waals surface area contributed by atoms with Gasteiger partial charge in [0.15, 0.2) is 5.82 Å². The van der Waals surface area contributed by atoms with Crippen molar-refractivity contribution in [3.63, 3.8) is 0 Å². The molecule has 0 fully saturated rings. The zero-order valence-corrected chi connectivity index (χ0v) is 10.0. The molecule has 2 aromatic rings. The SMILES string of the molecule is O=S(=O)(Cl)c1cnn(-c2ccc(Cl)cn2)c1. The van der Waals surface area contributed by atoms with Gasteiger partial charge in [-0.2, -0.15) is 5.10 Å². The van der Waals surface area contributed by atoms with Gasteiger partial charge in [-0.05, 0) is 12.1 Å². The quantitative estimate of drug-likeness (QED) is 0.786. The second-order valence-electron chi connectivity index (χ2n) is 2.89. The Kier molecular flexibility index (Phi) is 2.88. The lowest BCUT2D eigenvalue weighted by atomic mass is 10.5. The summed E-state index contributed by atoms with van der Waals surface area (Å²) in [6.45, 7) is 0. The van der Waals surface area contributed by atoms with E-state index in [1.54, 1.807) is 12.1 Å². The van der Waals surface area contributed by atoms with Gasteiger partial charge >= 0.3 is 0 Å². The van der Waals surface area contributed by atoms with E-state index in [2.05, 4.69) is 10.1 Å². The molecule has 5 nitrogen and oxygen atoms in total. The average molecular weight is 278 g/mol. The van der Waals surface area contributed by atoms with Gasteiger partial charge in [0.25, 0.3) is 9.05 Å². The molecule has 0 atom stereocenters. The van der Waals surface area contributed by atoms with Crippen molar-refractivity contribution < 1.29 is 8.42 Å². The Hall–Kier alpha value is -1.11. The summed E-state index contributed by atoms with van der Waals surface area (Å²) in [5, 5.41) is 4.32. The Morgan fingerprint density at radius 2 is 2.00 bits per heavy atom. The molecule has 16 heavy (non-hydrogen) atoms. The molecular weight excluding hydrogens is 273 g/mol. The van der Waals surface area contributed by atoms with Gasteiger partial charge < -0.3 is 0 Å². The lowest BCUT2D eigenvalue weighted by molar-refractivity contribution is 0.609. The predicted octanol–water partition coefficient (Wildman–Crippen LogP) is 1.85. The molecule has 0 unspecified atom stereocenters. The van der Waals surface area contributed by atoms with Crippen molar-refractivity contribution in [3.8, 4) is 5.82 Å². The van der Waals surface area contributed by atoms with E-state index in [0.717, 1.165) is 6.20 Å². The predicted molar refractivity (Wildman–Crippen MR) is 59.4 cm³/mol. The zero-order valence-electron chi connectivity index (χ0n) is 7.71. The maximum Gasteiger partial charge on any atom is 0.264 e. The number of hydrogen-bond acceptors (Lipinski definition) is 4. The second-order valence-corrected chi connectivity index (χ2v) is 5.90. The molecule has 8 heteroatoms. The molecule has 84 valence electrons. The van der Waals surface area contributed by atoms with Crippen LogP contribution < -0.4 is 0 Å². The lowest BCUT2D eigenvalue weighted by Crippen LogP contribution is -1.96. The minimum atomic E-state index is -3.76. The highest BCUT2D eigenvalue weighted by Gasteiger charge is 2.13. The minimum Gasteiger partial charge on any atom is -0.236 e. The van der Waals surface area contributed by atoms with Crippen molar-refractivity contribution in [2.75, 3.05) is 0 Å². The fourth-order valence-corrected chi connectivity index (χ4v) is 1.81. The summed E-state index contributed by atoms with van der Waals surface area (Å²) in [7, 11) is 1.40. The van der Waals surface area contributed by atoms with Crippen LogP contribution in [0.15, 0.2) is 35.6 Å². The molecule has 2 heterocycles. The lowest BCUT2D eigenvalue weighted by Gasteiger charge is -1.98. The van der Waals surface area contributed by atoms with Crippen LogP contribution in [-0.2, 0) is 9.05 Å². The molecule has 0 amide bonds. The highest BCUT2D eigenvalue weighted by atomic mass is 35.7. The molecule has 0 N–H and O–H groups in total. The normalized spacial score (nSPS) is 11.6. The topological polar surface area (TPSA) is 64.8 Å². The van der Waals surface area contributed by atoms with Gasteiger partial charge in [0, 0.05) is 16.9 Å². The molecular formula is C8H5Cl2N3O2S. The van der Waals surface area contributed by atoms with Crippen LogP contribution in [0.25, 0.3) is 5.82 Å². The van der Waals surface area contributed by atoms with Crippen molar-refractivity contribution in [2.24, 2.45) is 0 Å². The van der Waals surface area contributed by atoms with Crippen LogP contribution in [0.2, 0.25) is 5.02 Å². The standard InChI is InChI=1S/C8H5Cl2N3O2S/c9-6-1-2-8(11-3-6)13-5-7(4-12-13)16(10,14)15/h1-5H. The summed E-state index contributed by atoms with van der Waals surface area (Å²) in [5.74, 6) is 0.455. The van der Waals surface area contributed by atoms with E-state index in [1.807, 2.05) is 0 Å². The fourth-order valence-electron chi connectivity index (χ4n) is 1.06. The van der Waals surface area contributed by atoms with E-state index in [1.165, 1.54) is 17.1 Å². The van der Waals surface area contributed by atoms with Crippen molar-refractivity contribution in [1.82, 2.24) is 14.8 Å². The summed E-state index contributed by atoms with van der Waals surface area (Å²) in [4.78, 5) is 3.90. The van der Waals surface area contributed by atoms with Gasteiger partial charge in [0.05, 0.1) is 17.4 Å². The van der Waals surface area contributed by atoms with E-state index in [-0.39, 0.29) is 4.90 Å². The Morgan fingerprint density at radius 1 is 1.25 bits per heavy atom. The van der Waals surface area contributed by atoms with E-state index in [9.17, 15) is 8.42 Å². The van der Waals surface area contributed by atoms with Crippen LogP contribution in [0.3, 0.4) is 0 Å². The first kappa shape index (κ1) is 11.4. The average Bonchev–Trinajstić information content (AvgIpc) is 2.67. The number of nitrogens with zero attached hydrogens (tertiary/aromatic N) is 3. The van der Waals surface area contributed by atoms with Crippen LogP contribution in [-0.4, -0.2) is 23.2 Å². The van der Waals surface area contributed by atoms with Gasteiger partial charge in [-0.15, -0.1) is 0 Å². The zero-order chi connectivity index (χ0) is 11.8. The molecule has 0 aliphatic rings. The Morgan fingerprint density at radius 3 is 2.50 bits per heavy atom. The molecule has 0 aliphatic carbocycles. The van der Waals surface area contributed by atoms with Crippen molar-refractivity contribution >= 4 is 31.3 Å². The first-order chi connectivity index (χ1) is 7.47. The van der Waals surface area contributed by atoms with Crippen LogP contribution in [0.1, 0.15) is 0 Å². The maximum absolute atomic E-state index is 11.0. The summed E-state index contributed by atoms with van der Waals surface area (Å²) < 4.78 is 23.3. The second kappa shape index (κ2) is 4.04. The van der Waals surface area contributed by atoms with Gasteiger partial charge in [-0.3, -0.25) is 0 Å². The van der Waals surface area contributed by atoms with Crippen molar-refractivity contribution in [1.29, 1.82) is 0 Å². The summed E-state index contributed by atoms with van der Waals surface area (Å²) >= 11 is 5.67. The third-order valence-corrected chi connectivity index (χ3v) is 3.32. The summed E-state index contributed by atoms with van der Waals surface area (Å²) in [6, 6.07) is 3.24. The van der Waals surface area contributed by atoms with Gasteiger partial charge in [-0.1, -0.05) is 11.6 Å². The van der Waals surface area contributed by atoms with Gasteiger partial charge in [0.2, 0.25) is 0 Å². The maximum atomic E-state index is 11.0. The third-order valence-electron chi connectivity index (χ3n) is 1.79. The molecule has 0 aromatic carbocycles. The molecule has 0 bridgehead atoms. The summed E-state index contributed by atoms with van der Waals surface area (Å²) in [6.07, 6.45) is 3.87. The molecule has 0 saturated carbocycles. The Labute approximate surface area is 101 Å². The number of pyridine rings is 1. The molecule has 0 radical (unpaired) electrons.